The van der Waals surface area contributed by atoms with Gasteiger partial charge in [0.1, 0.15) is 30.5 Å². The monoisotopic (exact) mass is 1040 g/mol. The van der Waals surface area contributed by atoms with Crippen molar-refractivity contribution in [1.82, 2.24) is 5.32 Å². The van der Waals surface area contributed by atoms with Gasteiger partial charge in [-0.3, -0.25) is 4.79 Å². The Morgan fingerprint density at radius 1 is 0.466 bits per heavy atom. The van der Waals surface area contributed by atoms with E-state index >= 15 is 0 Å². The molecule has 1 fully saturated rings. The highest BCUT2D eigenvalue weighted by molar-refractivity contribution is 5.80. The van der Waals surface area contributed by atoms with Gasteiger partial charge in [-0.2, -0.15) is 0 Å². The number of hydrogen-bond donors (Lipinski definition) is 7. The summed E-state index contributed by atoms with van der Waals surface area (Å²) >= 11 is 0. The fraction of sp³-hybridized carbons (Fsp3) is 0.952. The Bertz CT molecular complexity index is 1170. The van der Waals surface area contributed by atoms with Crippen molar-refractivity contribution in [3.8, 4) is 0 Å². The van der Waals surface area contributed by atoms with Gasteiger partial charge in [0.2, 0.25) is 5.91 Å². The molecule has 1 heterocycles. The zero-order chi connectivity index (χ0) is 53.1. The van der Waals surface area contributed by atoms with Gasteiger partial charge in [0.15, 0.2) is 6.29 Å². The minimum atomic E-state index is -1.61. The number of carbonyl (C=O) groups is 1. The second-order valence-electron chi connectivity index (χ2n) is 22.7. The molecular weight excluding hydrogens is 915 g/mol. The van der Waals surface area contributed by atoms with E-state index in [1.54, 1.807) is 6.08 Å². The van der Waals surface area contributed by atoms with Crippen LogP contribution in [0, 0.1) is 0 Å². The molecule has 8 atom stereocenters. The molecular formula is C63H123NO9. The Morgan fingerprint density at radius 2 is 0.781 bits per heavy atom. The summed E-state index contributed by atoms with van der Waals surface area (Å²) in [5.74, 6) is -0.610. The highest BCUT2D eigenvalue weighted by Crippen LogP contribution is 2.23. The van der Waals surface area contributed by atoms with E-state index in [2.05, 4.69) is 19.2 Å². The number of rotatable bonds is 56. The summed E-state index contributed by atoms with van der Waals surface area (Å²) in [6, 6.07) is -0.976. The molecule has 0 spiro atoms. The van der Waals surface area contributed by atoms with Gasteiger partial charge in [0.05, 0.1) is 25.4 Å². The lowest BCUT2D eigenvalue weighted by molar-refractivity contribution is -0.302. The first-order valence-corrected chi connectivity index (χ1v) is 32.0. The van der Waals surface area contributed by atoms with Crippen molar-refractivity contribution in [1.29, 1.82) is 0 Å². The third kappa shape index (κ3) is 41.6. The molecule has 434 valence electrons. The van der Waals surface area contributed by atoms with E-state index in [0.29, 0.717) is 6.42 Å². The van der Waals surface area contributed by atoms with Crippen molar-refractivity contribution in [3.05, 3.63) is 12.2 Å². The van der Waals surface area contributed by atoms with E-state index < -0.39 is 61.5 Å². The predicted molar refractivity (Wildman–Crippen MR) is 306 cm³/mol. The smallest absolute Gasteiger partial charge is 0.249 e. The third-order valence-electron chi connectivity index (χ3n) is 15.7. The number of hydrogen-bond acceptors (Lipinski definition) is 9. The average molecular weight is 1040 g/mol. The number of unbranched alkanes of at least 4 members (excludes halogenated alkanes) is 45. The van der Waals surface area contributed by atoms with Crippen molar-refractivity contribution in [3.63, 3.8) is 0 Å². The molecule has 7 N–H and O–H groups in total. The van der Waals surface area contributed by atoms with Gasteiger partial charge in [-0.05, 0) is 19.3 Å². The van der Waals surface area contributed by atoms with E-state index in [0.717, 1.165) is 44.9 Å². The topological polar surface area (TPSA) is 169 Å². The van der Waals surface area contributed by atoms with Gasteiger partial charge in [-0.25, -0.2) is 0 Å². The maximum Gasteiger partial charge on any atom is 0.249 e. The second-order valence-corrected chi connectivity index (χ2v) is 22.7. The number of aliphatic hydroxyl groups is 6. The van der Waals surface area contributed by atoms with Crippen LogP contribution in [-0.4, -0.2) is 98.7 Å². The number of carbonyl (C=O) groups excluding carboxylic acids is 1. The van der Waals surface area contributed by atoms with Crippen LogP contribution < -0.4 is 5.32 Å². The maximum atomic E-state index is 13.1. The van der Waals surface area contributed by atoms with E-state index in [9.17, 15) is 35.4 Å². The molecule has 0 aromatic rings. The van der Waals surface area contributed by atoms with Crippen LogP contribution in [0.3, 0.4) is 0 Å². The molecule has 0 aliphatic carbocycles. The molecule has 8 unspecified atom stereocenters. The lowest BCUT2D eigenvalue weighted by Crippen LogP contribution is -2.60. The van der Waals surface area contributed by atoms with Crippen molar-refractivity contribution < 1.29 is 44.9 Å². The molecule has 1 aliphatic heterocycles. The molecule has 10 nitrogen and oxygen atoms in total. The molecule has 0 radical (unpaired) electrons. The van der Waals surface area contributed by atoms with Gasteiger partial charge in [-0.1, -0.05) is 315 Å². The molecule has 1 rings (SSSR count). The number of ether oxygens (including phenoxy) is 2. The summed E-state index contributed by atoms with van der Waals surface area (Å²) in [7, 11) is 0. The number of nitrogens with one attached hydrogen (secondary N) is 1. The summed E-state index contributed by atoms with van der Waals surface area (Å²) in [6.07, 6.45) is 56.5. The summed E-state index contributed by atoms with van der Waals surface area (Å²) in [5, 5.41) is 65.0. The molecule has 1 aliphatic rings. The van der Waals surface area contributed by atoms with Gasteiger partial charge in [0, 0.05) is 0 Å². The van der Waals surface area contributed by atoms with Crippen LogP contribution in [0.25, 0.3) is 0 Å². The molecule has 0 aromatic carbocycles. The lowest BCUT2D eigenvalue weighted by atomic mass is 9.99. The predicted octanol–water partition coefficient (Wildman–Crippen LogP) is 15.3. The highest BCUT2D eigenvalue weighted by atomic mass is 16.7. The fourth-order valence-electron chi connectivity index (χ4n) is 10.6. The lowest BCUT2D eigenvalue weighted by Gasteiger charge is -2.40. The van der Waals surface area contributed by atoms with Crippen LogP contribution in [0.4, 0.5) is 0 Å². The van der Waals surface area contributed by atoms with E-state index in [1.165, 1.54) is 257 Å². The molecule has 0 saturated carbocycles. The Hall–Kier alpha value is -1.11. The van der Waals surface area contributed by atoms with E-state index in [1.807, 2.05) is 6.08 Å². The summed E-state index contributed by atoms with van der Waals surface area (Å²) in [4.78, 5) is 13.1. The number of allylic oxidation sites excluding steroid dienone is 1. The quantitative estimate of drug-likeness (QED) is 0.0232. The summed E-state index contributed by atoms with van der Waals surface area (Å²) in [6.45, 7) is 3.64. The van der Waals surface area contributed by atoms with Crippen molar-refractivity contribution in [2.24, 2.45) is 0 Å². The van der Waals surface area contributed by atoms with Crippen LogP contribution in [-0.2, 0) is 14.3 Å². The normalized spacial score (nSPS) is 19.5. The van der Waals surface area contributed by atoms with Crippen LogP contribution in [0.5, 0.6) is 0 Å². The van der Waals surface area contributed by atoms with Crippen LogP contribution in [0.2, 0.25) is 0 Å². The minimum absolute atomic E-state index is 0.301. The molecule has 1 amide bonds. The molecule has 73 heavy (non-hydrogen) atoms. The van der Waals surface area contributed by atoms with Gasteiger partial charge in [0.25, 0.3) is 0 Å². The third-order valence-corrected chi connectivity index (χ3v) is 15.7. The standard InChI is InChI=1S/C63H123NO9/c1-3-5-7-9-11-13-15-17-18-19-20-21-22-23-24-25-26-27-28-29-30-31-32-33-34-35-36-37-38-39-40-42-44-46-48-50-52-57(67)62(71)64-55(54-72-63-61(70)60(69)59(68)58(53-65)73-63)56(66)51-49-47-45-43-41-16-14-12-10-8-6-4-2/h49,51,55-61,63,65-70H,3-48,50,52-54H2,1-2H3,(H,64,71)/b51-49+. The van der Waals surface area contributed by atoms with Crippen molar-refractivity contribution in [2.45, 2.75) is 371 Å². The highest BCUT2D eigenvalue weighted by Gasteiger charge is 2.44. The second kappa shape index (κ2) is 52.9. The van der Waals surface area contributed by atoms with Gasteiger partial charge < -0.3 is 45.4 Å². The molecule has 0 bridgehead atoms. The van der Waals surface area contributed by atoms with Crippen molar-refractivity contribution in [2.75, 3.05) is 13.2 Å². The Labute approximate surface area is 450 Å². The maximum absolute atomic E-state index is 13.1. The zero-order valence-electron chi connectivity index (χ0n) is 48.0. The van der Waals surface area contributed by atoms with Crippen molar-refractivity contribution >= 4 is 5.91 Å². The average Bonchev–Trinajstić information content (AvgIpc) is 3.39. The Kier molecular flexibility index (Phi) is 50.7. The Balaban J connectivity index is 2.06. The van der Waals surface area contributed by atoms with Crippen LogP contribution in [0.15, 0.2) is 12.2 Å². The van der Waals surface area contributed by atoms with Crippen LogP contribution in [0.1, 0.15) is 322 Å². The van der Waals surface area contributed by atoms with Gasteiger partial charge in [-0.15, -0.1) is 0 Å². The largest absolute Gasteiger partial charge is 0.394 e. The SMILES string of the molecule is CCCCCCCCCCCC/C=C/C(O)C(COC1OC(CO)C(O)C(O)C1O)NC(=O)C(O)CCCCCCCCCCCCCCCCCCCCCCCCCCCCCCCCCCCCCC. The molecule has 0 aromatic heterocycles. The number of amides is 1. The zero-order valence-corrected chi connectivity index (χ0v) is 48.0. The molecule has 1 saturated heterocycles. The van der Waals surface area contributed by atoms with E-state index in [-0.39, 0.29) is 6.61 Å². The van der Waals surface area contributed by atoms with Gasteiger partial charge >= 0.3 is 0 Å². The fourth-order valence-corrected chi connectivity index (χ4v) is 10.6. The summed E-state index contributed by atoms with van der Waals surface area (Å²) < 4.78 is 11.2. The van der Waals surface area contributed by atoms with E-state index in [4.69, 9.17) is 9.47 Å². The minimum Gasteiger partial charge on any atom is -0.394 e. The first kappa shape index (κ1) is 69.9. The summed E-state index contributed by atoms with van der Waals surface area (Å²) in [5.41, 5.74) is 0. The van der Waals surface area contributed by atoms with Crippen LogP contribution >= 0.6 is 0 Å². The molecule has 10 heteroatoms. The Morgan fingerprint density at radius 3 is 1.11 bits per heavy atom. The first-order chi connectivity index (χ1) is 35.8. The number of aliphatic hydroxyl groups excluding tert-OH is 6. The first-order valence-electron chi connectivity index (χ1n) is 32.0.